The third-order valence-corrected chi connectivity index (χ3v) is 5.08. The molecule has 10 nitrogen and oxygen atoms in total. The first-order chi connectivity index (χ1) is 17.6. The summed E-state index contributed by atoms with van der Waals surface area (Å²) in [6.07, 6.45) is 0. The topological polar surface area (TPSA) is 109 Å². The molecule has 0 atom stereocenters. The Morgan fingerprint density at radius 1 is 0.861 bits per heavy atom. The van der Waals surface area contributed by atoms with E-state index in [2.05, 4.69) is 20.6 Å². The molecular formula is C26H29N5O5. The minimum absolute atomic E-state index is 0.223. The first kappa shape index (κ1) is 24.8. The molecule has 0 radical (unpaired) electrons. The van der Waals surface area contributed by atoms with Crippen molar-refractivity contribution < 1.29 is 23.7 Å². The fourth-order valence-electron chi connectivity index (χ4n) is 3.56. The quantitative estimate of drug-likeness (QED) is 0.298. The van der Waals surface area contributed by atoms with Gasteiger partial charge in [-0.3, -0.25) is 4.79 Å². The number of fused-ring (bicyclic) bond motifs is 1. The molecule has 1 amide bonds. The van der Waals surface area contributed by atoms with E-state index in [1.165, 1.54) is 0 Å². The Hall–Kier alpha value is -4.34. The molecule has 36 heavy (non-hydrogen) atoms. The Kier molecular flexibility index (Phi) is 8.17. The van der Waals surface area contributed by atoms with Crippen molar-refractivity contribution >= 4 is 11.6 Å². The highest BCUT2D eigenvalue weighted by Gasteiger charge is 2.18. The van der Waals surface area contributed by atoms with Crippen LogP contribution in [0.2, 0.25) is 0 Å². The number of hydrogen-bond donors (Lipinski definition) is 1. The molecule has 0 aliphatic carbocycles. The van der Waals surface area contributed by atoms with E-state index in [9.17, 15) is 4.79 Å². The molecule has 0 aliphatic rings. The van der Waals surface area contributed by atoms with Crippen LogP contribution in [0.4, 0.5) is 0 Å². The fraction of sp³-hybridized carbons (Fsp3) is 0.308. The summed E-state index contributed by atoms with van der Waals surface area (Å²) in [7, 11) is 0. The molecule has 4 aromatic rings. The maximum atomic E-state index is 12.8. The molecule has 10 heteroatoms. The van der Waals surface area contributed by atoms with Gasteiger partial charge in [-0.1, -0.05) is 30.3 Å². The molecule has 0 unspecified atom stereocenters. The Bertz CT molecular complexity index is 1280. The van der Waals surface area contributed by atoms with Crippen LogP contribution in [0.1, 0.15) is 31.1 Å². The van der Waals surface area contributed by atoms with Crippen molar-refractivity contribution in [2.75, 3.05) is 33.0 Å². The van der Waals surface area contributed by atoms with Gasteiger partial charge in [0.25, 0.3) is 5.91 Å². The van der Waals surface area contributed by atoms with Crippen LogP contribution in [0.15, 0.2) is 54.6 Å². The predicted octanol–water partition coefficient (Wildman–Crippen LogP) is 3.80. The van der Waals surface area contributed by atoms with Crippen molar-refractivity contribution in [3.63, 3.8) is 0 Å². The van der Waals surface area contributed by atoms with Gasteiger partial charge in [0, 0.05) is 17.2 Å². The van der Waals surface area contributed by atoms with Crippen molar-refractivity contribution in [2.24, 2.45) is 0 Å². The molecule has 2 aromatic heterocycles. The number of benzene rings is 2. The number of aromatic nitrogens is 4. The average molecular weight is 492 g/mol. The van der Waals surface area contributed by atoms with Gasteiger partial charge >= 0.3 is 0 Å². The minimum Gasteiger partial charge on any atom is -0.490 e. The van der Waals surface area contributed by atoms with Crippen molar-refractivity contribution in [3.05, 3.63) is 60.2 Å². The normalized spacial score (nSPS) is 10.8. The van der Waals surface area contributed by atoms with Gasteiger partial charge in [-0.2, -0.15) is 4.52 Å². The molecule has 0 saturated carbocycles. The van der Waals surface area contributed by atoms with E-state index in [1.807, 2.05) is 51.1 Å². The van der Waals surface area contributed by atoms with Gasteiger partial charge in [-0.25, -0.2) is 0 Å². The second-order valence-corrected chi connectivity index (χ2v) is 7.54. The van der Waals surface area contributed by atoms with Crippen LogP contribution in [0.25, 0.3) is 17.0 Å². The lowest BCUT2D eigenvalue weighted by Gasteiger charge is -2.17. The second kappa shape index (κ2) is 11.9. The highest BCUT2D eigenvalue weighted by molar-refractivity contribution is 5.95. The first-order valence-corrected chi connectivity index (χ1v) is 11.9. The Morgan fingerprint density at radius 3 is 2.22 bits per heavy atom. The van der Waals surface area contributed by atoms with Crippen LogP contribution in [-0.2, 0) is 0 Å². The zero-order chi connectivity index (χ0) is 25.3. The van der Waals surface area contributed by atoms with E-state index in [0.29, 0.717) is 60.0 Å². The zero-order valence-corrected chi connectivity index (χ0v) is 20.6. The number of nitrogens with zero attached hydrogens (tertiary/aromatic N) is 4. The third kappa shape index (κ3) is 5.65. The molecule has 0 bridgehead atoms. The number of carbonyl (C=O) groups excluding carboxylic acids is 1. The zero-order valence-electron chi connectivity index (χ0n) is 20.6. The van der Waals surface area contributed by atoms with Crippen LogP contribution < -0.4 is 24.3 Å². The molecule has 0 spiro atoms. The Labute approximate surface area is 209 Å². The summed E-state index contributed by atoms with van der Waals surface area (Å²) in [5.41, 5.74) is 1.91. The van der Waals surface area contributed by atoms with Gasteiger partial charge in [-0.05, 0) is 39.0 Å². The van der Waals surface area contributed by atoms with Crippen LogP contribution in [0.3, 0.4) is 0 Å². The van der Waals surface area contributed by atoms with Gasteiger partial charge in [0.1, 0.15) is 6.61 Å². The van der Waals surface area contributed by atoms with Crippen molar-refractivity contribution in [3.8, 4) is 34.5 Å². The lowest BCUT2D eigenvalue weighted by Crippen LogP contribution is -2.28. The third-order valence-electron chi connectivity index (χ3n) is 5.08. The summed E-state index contributed by atoms with van der Waals surface area (Å²) in [6, 6.07) is 16.5. The monoisotopic (exact) mass is 491 g/mol. The fourth-order valence-corrected chi connectivity index (χ4v) is 3.56. The second-order valence-electron chi connectivity index (χ2n) is 7.54. The predicted molar refractivity (Wildman–Crippen MR) is 134 cm³/mol. The maximum absolute atomic E-state index is 12.8. The Balaban J connectivity index is 1.41. The average Bonchev–Trinajstić information content (AvgIpc) is 3.32. The van der Waals surface area contributed by atoms with Gasteiger partial charge in [0.05, 0.1) is 26.4 Å². The number of hydrogen-bond acceptors (Lipinski definition) is 8. The summed E-state index contributed by atoms with van der Waals surface area (Å²) >= 11 is 0. The molecule has 0 fully saturated rings. The number of ether oxygens (including phenoxy) is 4. The van der Waals surface area contributed by atoms with Gasteiger partial charge in [0.15, 0.2) is 23.0 Å². The number of nitrogens with one attached hydrogen (secondary N) is 1. The van der Waals surface area contributed by atoms with Gasteiger partial charge in [0.2, 0.25) is 11.6 Å². The summed E-state index contributed by atoms with van der Waals surface area (Å²) < 4.78 is 24.5. The maximum Gasteiger partial charge on any atom is 0.251 e. The van der Waals surface area contributed by atoms with E-state index in [4.69, 9.17) is 18.9 Å². The van der Waals surface area contributed by atoms with Crippen molar-refractivity contribution in [1.29, 1.82) is 0 Å². The molecular weight excluding hydrogens is 462 g/mol. The van der Waals surface area contributed by atoms with E-state index >= 15 is 0 Å². The van der Waals surface area contributed by atoms with Crippen LogP contribution in [0.5, 0.6) is 23.1 Å². The van der Waals surface area contributed by atoms with E-state index in [1.54, 1.807) is 28.8 Å². The van der Waals surface area contributed by atoms with Gasteiger partial charge in [-0.15, -0.1) is 15.3 Å². The summed E-state index contributed by atoms with van der Waals surface area (Å²) in [4.78, 5) is 12.8. The molecule has 0 aliphatic heterocycles. The van der Waals surface area contributed by atoms with Crippen LogP contribution >= 0.6 is 0 Å². The number of rotatable bonds is 12. The van der Waals surface area contributed by atoms with Crippen molar-refractivity contribution in [2.45, 2.75) is 20.8 Å². The molecule has 2 heterocycles. The smallest absolute Gasteiger partial charge is 0.251 e. The minimum atomic E-state index is -0.280. The summed E-state index contributed by atoms with van der Waals surface area (Å²) in [5.74, 6) is 2.16. The van der Waals surface area contributed by atoms with E-state index in [-0.39, 0.29) is 19.1 Å². The largest absolute Gasteiger partial charge is 0.490 e. The molecule has 4 rings (SSSR count). The lowest BCUT2D eigenvalue weighted by atomic mass is 10.1. The molecule has 0 saturated heterocycles. The van der Waals surface area contributed by atoms with Crippen LogP contribution in [0, 0.1) is 0 Å². The number of amides is 1. The highest BCUT2D eigenvalue weighted by Crippen LogP contribution is 2.39. The van der Waals surface area contributed by atoms with E-state index < -0.39 is 0 Å². The highest BCUT2D eigenvalue weighted by atomic mass is 16.5. The first-order valence-electron chi connectivity index (χ1n) is 11.9. The SMILES string of the molecule is CCOc1cc(C(=O)NCCOc2ccc3nnc(-c4ccccc4)n3n2)cc(OCC)c1OCC. The van der Waals surface area contributed by atoms with Crippen LogP contribution in [-0.4, -0.2) is 58.7 Å². The standard InChI is InChI=1S/C26H29N5O5/c1-4-33-20-16-19(17-21(34-5-2)24(20)35-6-3)26(32)27-14-15-36-23-13-12-22-28-29-25(31(22)30-23)18-10-8-7-9-11-18/h7-13,16-17H,4-6,14-15H2,1-3H3,(H,27,32). The molecule has 188 valence electrons. The molecule has 1 N–H and O–H groups in total. The summed E-state index contributed by atoms with van der Waals surface area (Å²) in [5, 5.41) is 15.7. The Morgan fingerprint density at radius 2 is 1.56 bits per heavy atom. The van der Waals surface area contributed by atoms with Gasteiger partial charge < -0.3 is 24.3 Å². The van der Waals surface area contributed by atoms with Crippen molar-refractivity contribution in [1.82, 2.24) is 25.1 Å². The summed E-state index contributed by atoms with van der Waals surface area (Å²) in [6.45, 7) is 7.42. The molecule has 2 aromatic carbocycles. The van der Waals surface area contributed by atoms with E-state index in [0.717, 1.165) is 5.56 Å². The lowest BCUT2D eigenvalue weighted by molar-refractivity contribution is 0.0945. The number of carbonyl (C=O) groups is 1.